The van der Waals surface area contributed by atoms with Gasteiger partial charge >= 0.3 is 0 Å². The lowest BCUT2D eigenvalue weighted by Gasteiger charge is -2.34. The van der Waals surface area contributed by atoms with Crippen molar-refractivity contribution in [3.8, 4) is 0 Å². The van der Waals surface area contributed by atoms with E-state index in [0.29, 0.717) is 18.1 Å². The SMILES string of the molecule is O=C(CCCSc1nnc2c3ccccc3n(Cc3ccc(F)cc3)c2n1)N1CCN(Cc2ccccc2)CC1. The minimum Gasteiger partial charge on any atom is -0.340 e. The molecule has 0 radical (unpaired) electrons. The summed E-state index contributed by atoms with van der Waals surface area (Å²) in [5.41, 5.74) is 4.82. The van der Waals surface area contributed by atoms with Crippen LogP contribution in [0.1, 0.15) is 24.0 Å². The smallest absolute Gasteiger partial charge is 0.222 e. The second-order valence-electron chi connectivity index (χ2n) is 10.1. The molecule has 0 aliphatic carbocycles. The number of hydrogen-bond acceptors (Lipinski definition) is 6. The van der Waals surface area contributed by atoms with E-state index in [9.17, 15) is 9.18 Å². The maximum Gasteiger partial charge on any atom is 0.222 e. The number of para-hydroxylation sites is 1. The second kappa shape index (κ2) is 12.1. The third kappa shape index (κ3) is 6.00. The second-order valence-corrected chi connectivity index (χ2v) is 11.2. The highest BCUT2D eigenvalue weighted by Gasteiger charge is 2.21. The maximum absolute atomic E-state index is 13.5. The fraction of sp³-hybridized carbons (Fsp3) is 0.290. The summed E-state index contributed by atoms with van der Waals surface area (Å²) in [4.78, 5) is 22.1. The highest BCUT2D eigenvalue weighted by Crippen LogP contribution is 2.28. The fourth-order valence-corrected chi connectivity index (χ4v) is 5.95. The van der Waals surface area contributed by atoms with Crippen molar-refractivity contribution in [3.05, 3.63) is 95.8 Å². The van der Waals surface area contributed by atoms with Crippen molar-refractivity contribution < 1.29 is 9.18 Å². The van der Waals surface area contributed by atoms with Crippen LogP contribution in [0, 0.1) is 5.82 Å². The van der Waals surface area contributed by atoms with E-state index in [1.807, 2.05) is 35.2 Å². The average Bonchev–Trinajstić information content (AvgIpc) is 3.30. The van der Waals surface area contributed by atoms with E-state index in [1.54, 1.807) is 12.1 Å². The number of carbonyl (C=O) groups excluding carboxylic acids is 1. The van der Waals surface area contributed by atoms with Gasteiger partial charge in [-0.2, -0.15) is 0 Å². The van der Waals surface area contributed by atoms with Gasteiger partial charge in [0.1, 0.15) is 11.3 Å². The molecule has 1 aliphatic rings. The minimum absolute atomic E-state index is 0.217. The summed E-state index contributed by atoms with van der Waals surface area (Å²) < 4.78 is 15.6. The van der Waals surface area contributed by atoms with Gasteiger partial charge < -0.3 is 9.47 Å². The Hall–Kier alpha value is -3.82. The Balaban J connectivity index is 1.05. The van der Waals surface area contributed by atoms with Crippen LogP contribution in [-0.4, -0.2) is 67.4 Å². The number of rotatable bonds is 9. The number of benzene rings is 3. The van der Waals surface area contributed by atoms with Gasteiger partial charge in [0.15, 0.2) is 5.65 Å². The summed E-state index contributed by atoms with van der Waals surface area (Å²) >= 11 is 1.53. The normalized spacial score (nSPS) is 14.3. The van der Waals surface area contributed by atoms with Gasteiger partial charge in [0.25, 0.3) is 0 Å². The fourth-order valence-electron chi connectivity index (χ4n) is 5.22. The Morgan fingerprint density at radius 2 is 1.55 bits per heavy atom. The van der Waals surface area contributed by atoms with Crippen molar-refractivity contribution in [2.24, 2.45) is 0 Å². The Morgan fingerprint density at radius 1 is 0.825 bits per heavy atom. The lowest BCUT2D eigenvalue weighted by molar-refractivity contribution is -0.133. The summed E-state index contributed by atoms with van der Waals surface area (Å²) in [6.45, 7) is 4.85. The van der Waals surface area contributed by atoms with Crippen molar-refractivity contribution in [3.63, 3.8) is 0 Å². The van der Waals surface area contributed by atoms with Crippen molar-refractivity contribution >= 4 is 39.7 Å². The molecule has 3 aromatic carbocycles. The van der Waals surface area contributed by atoms with E-state index < -0.39 is 0 Å². The zero-order valence-corrected chi connectivity index (χ0v) is 23.1. The highest BCUT2D eigenvalue weighted by molar-refractivity contribution is 7.99. The predicted octanol–water partition coefficient (Wildman–Crippen LogP) is 5.38. The molecule has 3 heterocycles. The monoisotopic (exact) mass is 554 g/mol. The molecule has 0 N–H and O–H groups in total. The molecule has 0 unspecified atom stereocenters. The highest BCUT2D eigenvalue weighted by atomic mass is 32.2. The number of hydrogen-bond donors (Lipinski definition) is 0. The molecule has 0 saturated carbocycles. The summed E-state index contributed by atoms with van der Waals surface area (Å²) in [6.07, 6.45) is 1.28. The van der Waals surface area contributed by atoms with E-state index in [1.165, 1.54) is 29.5 Å². The molecular formula is C31H31FN6OS. The largest absolute Gasteiger partial charge is 0.340 e. The number of amides is 1. The number of thioether (sulfide) groups is 1. The van der Waals surface area contributed by atoms with Crippen LogP contribution in [0.15, 0.2) is 84.0 Å². The topological polar surface area (TPSA) is 67.2 Å². The summed E-state index contributed by atoms with van der Waals surface area (Å²) in [6, 6.07) is 25.1. The third-order valence-electron chi connectivity index (χ3n) is 7.35. The predicted molar refractivity (Wildman–Crippen MR) is 157 cm³/mol. The van der Waals surface area contributed by atoms with E-state index in [-0.39, 0.29) is 11.7 Å². The van der Waals surface area contributed by atoms with Crippen LogP contribution < -0.4 is 0 Å². The molecule has 2 aromatic heterocycles. The molecule has 1 saturated heterocycles. The number of fused-ring (bicyclic) bond motifs is 3. The number of nitrogens with zero attached hydrogens (tertiary/aromatic N) is 6. The quantitative estimate of drug-likeness (QED) is 0.180. The molecule has 1 amide bonds. The van der Waals surface area contributed by atoms with Crippen LogP contribution in [0.3, 0.4) is 0 Å². The van der Waals surface area contributed by atoms with Crippen LogP contribution in [-0.2, 0) is 17.9 Å². The molecule has 0 atom stereocenters. The Kier molecular flexibility index (Phi) is 8.02. The first-order valence-electron chi connectivity index (χ1n) is 13.7. The van der Waals surface area contributed by atoms with Gasteiger partial charge in [-0.1, -0.05) is 72.4 Å². The van der Waals surface area contributed by atoms with Gasteiger partial charge in [0, 0.05) is 56.8 Å². The zero-order chi connectivity index (χ0) is 27.3. The number of carbonyl (C=O) groups is 1. The maximum atomic E-state index is 13.5. The number of aromatic nitrogens is 4. The first-order valence-corrected chi connectivity index (χ1v) is 14.7. The van der Waals surface area contributed by atoms with Crippen molar-refractivity contribution in [2.75, 3.05) is 31.9 Å². The van der Waals surface area contributed by atoms with Crippen molar-refractivity contribution in [1.82, 2.24) is 29.5 Å². The molecule has 7 nitrogen and oxygen atoms in total. The molecule has 40 heavy (non-hydrogen) atoms. The molecule has 0 spiro atoms. The summed E-state index contributed by atoms with van der Waals surface area (Å²) in [7, 11) is 0. The van der Waals surface area contributed by atoms with Crippen LogP contribution in [0.4, 0.5) is 4.39 Å². The van der Waals surface area contributed by atoms with E-state index in [4.69, 9.17) is 4.98 Å². The Labute approximate surface area is 237 Å². The first kappa shape index (κ1) is 26.4. The van der Waals surface area contributed by atoms with E-state index in [2.05, 4.69) is 43.9 Å². The van der Waals surface area contributed by atoms with Gasteiger partial charge in [-0.15, -0.1) is 10.2 Å². The van der Waals surface area contributed by atoms with E-state index >= 15 is 0 Å². The Morgan fingerprint density at radius 3 is 2.35 bits per heavy atom. The van der Waals surface area contributed by atoms with Crippen LogP contribution in [0.25, 0.3) is 22.1 Å². The molecule has 204 valence electrons. The van der Waals surface area contributed by atoms with Crippen LogP contribution in [0.2, 0.25) is 0 Å². The third-order valence-corrected chi connectivity index (χ3v) is 8.27. The van der Waals surface area contributed by atoms with Gasteiger partial charge in [-0.25, -0.2) is 9.37 Å². The number of halogens is 1. The van der Waals surface area contributed by atoms with Gasteiger partial charge in [-0.3, -0.25) is 9.69 Å². The van der Waals surface area contributed by atoms with Gasteiger partial charge in [-0.05, 0) is 35.7 Å². The molecular weight excluding hydrogens is 523 g/mol. The van der Waals surface area contributed by atoms with Crippen molar-refractivity contribution in [2.45, 2.75) is 31.1 Å². The molecule has 6 rings (SSSR count). The minimum atomic E-state index is -0.252. The van der Waals surface area contributed by atoms with Gasteiger partial charge in [0.2, 0.25) is 11.1 Å². The van der Waals surface area contributed by atoms with Crippen LogP contribution in [0.5, 0.6) is 0 Å². The van der Waals surface area contributed by atoms with E-state index in [0.717, 1.165) is 72.5 Å². The van der Waals surface area contributed by atoms with Crippen molar-refractivity contribution in [1.29, 1.82) is 0 Å². The molecule has 9 heteroatoms. The molecule has 0 bridgehead atoms. The zero-order valence-electron chi connectivity index (χ0n) is 22.2. The van der Waals surface area contributed by atoms with Crippen LogP contribution >= 0.6 is 11.8 Å². The molecule has 1 fully saturated rings. The number of piperazine rings is 1. The average molecular weight is 555 g/mol. The Bertz CT molecular complexity index is 1600. The summed E-state index contributed by atoms with van der Waals surface area (Å²) in [5.74, 6) is 0.705. The lowest BCUT2D eigenvalue weighted by atomic mass is 10.2. The van der Waals surface area contributed by atoms with Gasteiger partial charge in [0.05, 0.1) is 5.52 Å². The first-order chi connectivity index (χ1) is 19.6. The molecule has 5 aromatic rings. The summed E-state index contributed by atoms with van der Waals surface area (Å²) in [5, 5.41) is 10.5. The lowest BCUT2D eigenvalue weighted by Crippen LogP contribution is -2.48. The standard InChI is InChI=1S/C31H31FN6OS/c32-25-14-12-24(13-15-25)22-38-27-10-5-4-9-26(27)29-30(38)33-31(35-34-29)40-20-6-11-28(39)37-18-16-36(17-19-37)21-23-7-2-1-3-8-23/h1-5,7-10,12-15H,6,11,16-22H2. The molecule has 1 aliphatic heterocycles.